The number of phenols is 1. The molecule has 0 aliphatic heterocycles. The molecule has 1 aromatic heterocycles. The zero-order valence-corrected chi connectivity index (χ0v) is 19.7. The summed E-state index contributed by atoms with van der Waals surface area (Å²) in [6, 6.07) is 12.9. The van der Waals surface area contributed by atoms with Crippen LogP contribution in [-0.2, 0) is 6.54 Å². The maximum Gasteiger partial charge on any atom is 0.225 e. The molecule has 170 valence electrons. The van der Waals surface area contributed by atoms with Crippen LogP contribution in [0.1, 0.15) is 42.4 Å². The zero-order chi connectivity index (χ0) is 22.7. The fraction of sp³-hybridized carbons (Fsp3) is 0.462. The lowest BCUT2D eigenvalue weighted by molar-refractivity contribution is 0.300. The van der Waals surface area contributed by atoms with Crippen molar-refractivity contribution in [3.63, 3.8) is 0 Å². The molecule has 0 amide bonds. The van der Waals surface area contributed by atoms with Crippen LogP contribution in [0.4, 0.5) is 11.8 Å². The number of aromatic nitrogens is 2. The van der Waals surface area contributed by atoms with E-state index in [0.29, 0.717) is 23.7 Å². The third-order valence-electron chi connectivity index (χ3n) is 6.55. The predicted octanol–water partition coefficient (Wildman–Crippen LogP) is 4.78. The van der Waals surface area contributed by atoms with Gasteiger partial charge in [0.1, 0.15) is 11.6 Å². The first-order valence-corrected chi connectivity index (χ1v) is 11.6. The lowest BCUT2D eigenvalue weighted by Gasteiger charge is -2.29. The minimum Gasteiger partial charge on any atom is -0.507 e. The number of benzene rings is 2. The van der Waals surface area contributed by atoms with Gasteiger partial charge in [-0.1, -0.05) is 24.3 Å². The fourth-order valence-corrected chi connectivity index (χ4v) is 4.70. The molecule has 6 heteroatoms. The number of para-hydroxylation sites is 1. The van der Waals surface area contributed by atoms with Gasteiger partial charge in [0, 0.05) is 38.6 Å². The molecule has 0 radical (unpaired) electrons. The number of phenolic OH excluding ortho intramolecular Hbond substituents is 1. The van der Waals surface area contributed by atoms with Gasteiger partial charge >= 0.3 is 0 Å². The minimum absolute atomic E-state index is 0.412. The van der Waals surface area contributed by atoms with Crippen molar-refractivity contribution in [2.24, 2.45) is 5.92 Å². The van der Waals surface area contributed by atoms with Gasteiger partial charge in [-0.2, -0.15) is 4.98 Å². The normalized spacial score (nSPS) is 18.6. The number of fused-ring (bicyclic) bond motifs is 1. The summed E-state index contributed by atoms with van der Waals surface area (Å²) in [4.78, 5) is 11.5. The molecule has 2 aromatic carbocycles. The molecule has 0 unspecified atom stereocenters. The largest absolute Gasteiger partial charge is 0.507 e. The van der Waals surface area contributed by atoms with Gasteiger partial charge in [0.15, 0.2) is 0 Å². The molecule has 1 heterocycles. The Morgan fingerprint density at radius 3 is 2.38 bits per heavy atom. The molecule has 1 aliphatic carbocycles. The van der Waals surface area contributed by atoms with Crippen molar-refractivity contribution >= 4 is 22.7 Å². The molecular formula is C26H35N5O. The van der Waals surface area contributed by atoms with E-state index in [1.54, 1.807) is 0 Å². The highest BCUT2D eigenvalue weighted by molar-refractivity contribution is 5.90. The highest BCUT2D eigenvalue weighted by Crippen LogP contribution is 2.27. The van der Waals surface area contributed by atoms with E-state index in [-0.39, 0.29) is 0 Å². The lowest BCUT2D eigenvalue weighted by Crippen LogP contribution is -2.34. The standard InChI is InChI=1S/C26H35N5O/c1-17-13-20(14-18(2)24(17)32)16-27-21-11-9-19(10-12-21)15-28-26-29-23-8-6-5-7-22(23)25(30-26)31(3)4/h5-8,13-14,19,21,27,32H,9-12,15-16H2,1-4H3,(H,28,29,30). The summed E-state index contributed by atoms with van der Waals surface area (Å²) in [6.07, 6.45) is 4.77. The van der Waals surface area contributed by atoms with Gasteiger partial charge in [0.2, 0.25) is 5.95 Å². The second kappa shape index (κ2) is 9.74. The number of aromatic hydroxyl groups is 1. The molecule has 0 saturated heterocycles. The third-order valence-corrected chi connectivity index (χ3v) is 6.55. The highest BCUT2D eigenvalue weighted by atomic mass is 16.3. The van der Waals surface area contributed by atoms with Crippen LogP contribution in [0.2, 0.25) is 0 Å². The SMILES string of the molecule is Cc1cc(CNC2CCC(CNc3nc(N(C)C)c4ccccc4n3)CC2)cc(C)c1O. The van der Waals surface area contributed by atoms with Crippen LogP contribution in [0.25, 0.3) is 10.9 Å². The van der Waals surface area contributed by atoms with E-state index in [9.17, 15) is 5.11 Å². The second-order valence-corrected chi connectivity index (χ2v) is 9.34. The maximum absolute atomic E-state index is 9.97. The summed E-state index contributed by atoms with van der Waals surface area (Å²) in [5, 5.41) is 18.3. The number of rotatable bonds is 7. The van der Waals surface area contributed by atoms with Gasteiger partial charge in [-0.25, -0.2) is 4.98 Å². The average molecular weight is 434 g/mol. The number of aryl methyl sites for hydroxylation is 2. The van der Waals surface area contributed by atoms with Gasteiger partial charge in [-0.3, -0.25) is 0 Å². The van der Waals surface area contributed by atoms with E-state index in [1.807, 2.05) is 51.0 Å². The van der Waals surface area contributed by atoms with Crippen molar-refractivity contribution in [3.8, 4) is 5.75 Å². The summed E-state index contributed by atoms with van der Waals surface area (Å²) in [5.74, 6) is 2.72. The van der Waals surface area contributed by atoms with E-state index < -0.39 is 0 Å². The molecular weight excluding hydrogens is 398 g/mol. The van der Waals surface area contributed by atoms with Crippen LogP contribution < -0.4 is 15.5 Å². The molecule has 1 aliphatic rings. The second-order valence-electron chi connectivity index (χ2n) is 9.34. The van der Waals surface area contributed by atoms with E-state index >= 15 is 0 Å². The number of nitrogens with one attached hydrogen (secondary N) is 2. The maximum atomic E-state index is 9.97. The molecule has 6 nitrogen and oxygen atoms in total. The van der Waals surface area contributed by atoms with Gasteiger partial charge in [0.25, 0.3) is 0 Å². The van der Waals surface area contributed by atoms with Crippen molar-refractivity contribution in [2.45, 2.75) is 52.1 Å². The Labute approximate surface area is 191 Å². The first-order valence-electron chi connectivity index (χ1n) is 11.6. The van der Waals surface area contributed by atoms with E-state index in [0.717, 1.165) is 40.9 Å². The van der Waals surface area contributed by atoms with Gasteiger partial charge in [-0.15, -0.1) is 0 Å². The Hall–Kier alpha value is -2.86. The summed E-state index contributed by atoms with van der Waals surface area (Å²) in [7, 11) is 4.04. The number of hydrogen-bond acceptors (Lipinski definition) is 6. The van der Waals surface area contributed by atoms with Crippen LogP contribution in [0, 0.1) is 19.8 Å². The molecule has 0 atom stereocenters. The van der Waals surface area contributed by atoms with E-state index in [1.165, 1.54) is 31.2 Å². The Morgan fingerprint density at radius 1 is 1.00 bits per heavy atom. The number of hydrogen-bond donors (Lipinski definition) is 3. The molecule has 0 bridgehead atoms. The van der Waals surface area contributed by atoms with Crippen LogP contribution in [0.3, 0.4) is 0 Å². The highest BCUT2D eigenvalue weighted by Gasteiger charge is 2.21. The molecule has 1 fully saturated rings. The summed E-state index contributed by atoms with van der Waals surface area (Å²) in [6.45, 7) is 5.69. The zero-order valence-electron chi connectivity index (χ0n) is 19.7. The van der Waals surface area contributed by atoms with Crippen LogP contribution in [0.15, 0.2) is 36.4 Å². The van der Waals surface area contributed by atoms with Gasteiger partial charge < -0.3 is 20.6 Å². The van der Waals surface area contributed by atoms with Crippen LogP contribution >= 0.6 is 0 Å². The lowest BCUT2D eigenvalue weighted by atomic mass is 9.86. The van der Waals surface area contributed by atoms with Crippen molar-refractivity contribution in [3.05, 3.63) is 53.1 Å². The van der Waals surface area contributed by atoms with E-state index in [2.05, 4.69) is 28.8 Å². The monoisotopic (exact) mass is 433 g/mol. The summed E-state index contributed by atoms with van der Waals surface area (Å²) >= 11 is 0. The van der Waals surface area contributed by atoms with Crippen molar-refractivity contribution < 1.29 is 5.11 Å². The smallest absolute Gasteiger partial charge is 0.225 e. The van der Waals surface area contributed by atoms with Gasteiger partial charge in [0.05, 0.1) is 5.52 Å². The quantitative estimate of drug-likeness (QED) is 0.498. The molecule has 0 spiro atoms. The third kappa shape index (κ3) is 5.13. The summed E-state index contributed by atoms with van der Waals surface area (Å²) < 4.78 is 0. The van der Waals surface area contributed by atoms with Crippen LogP contribution in [0.5, 0.6) is 5.75 Å². The average Bonchev–Trinajstić information content (AvgIpc) is 2.79. The van der Waals surface area contributed by atoms with Gasteiger partial charge in [-0.05, 0) is 74.3 Å². The molecule has 3 aromatic rings. The Balaban J connectivity index is 1.28. The Morgan fingerprint density at radius 2 is 1.69 bits per heavy atom. The van der Waals surface area contributed by atoms with Crippen molar-refractivity contribution in [2.75, 3.05) is 30.9 Å². The molecule has 3 N–H and O–H groups in total. The first-order chi connectivity index (χ1) is 15.4. The number of anilines is 2. The minimum atomic E-state index is 0.412. The first kappa shape index (κ1) is 22.3. The van der Waals surface area contributed by atoms with Crippen LogP contribution in [-0.4, -0.2) is 41.8 Å². The van der Waals surface area contributed by atoms with Crippen molar-refractivity contribution in [1.82, 2.24) is 15.3 Å². The topological polar surface area (TPSA) is 73.3 Å². The van der Waals surface area contributed by atoms with E-state index in [4.69, 9.17) is 9.97 Å². The Bertz CT molecular complexity index is 1050. The van der Waals surface area contributed by atoms with Crippen molar-refractivity contribution in [1.29, 1.82) is 0 Å². The molecule has 32 heavy (non-hydrogen) atoms. The molecule has 4 rings (SSSR count). The molecule has 1 saturated carbocycles. The Kier molecular flexibility index (Phi) is 6.80. The fourth-order valence-electron chi connectivity index (χ4n) is 4.70. The number of nitrogens with zero attached hydrogens (tertiary/aromatic N) is 3. The predicted molar refractivity (Wildman–Crippen MR) is 133 cm³/mol. The summed E-state index contributed by atoms with van der Waals surface area (Å²) in [5.41, 5.74) is 4.11.